The number of rotatable bonds is 6. The summed E-state index contributed by atoms with van der Waals surface area (Å²) in [4.78, 5) is 20.1. The minimum atomic E-state index is -0.0835. The third kappa shape index (κ3) is 3.62. The van der Waals surface area contributed by atoms with Crippen molar-refractivity contribution in [3.05, 3.63) is 42.6 Å². The predicted molar refractivity (Wildman–Crippen MR) is 72.2 cm³/mol. The minimum absolute atomic E-state index is 0.0835. The summed E-state index contributed by atoms with van der Waals surface area (Å²) in [7, 11) is 1.89. The summed E-state index contributed by atoms with van der Waals surface area (Å²) in [5.74, 6) is 0.597. The Morgan fingerprint density at radius 2 is 2.26 bits per heavy atom. The maximum absolute atomic E-state index is 11.9. The van der Waals surface area contributed by atoms with Crippen LogP contribution in [-0.4, -0.2) is 40.6 Å². The van der Waals surface area contributed by atoms with Crippen molar-refractivity contribution in [2.24, 2.45) is 0 Å². The zero-order valence-electron chi connectivity index (χ0n) is 10.8. The number of nitrogens with one attached hydrogen (secondary N) is 2. The summed E-state index contributed by atoms with van der Waals surface area (Å²) in [5, 5.41) is 5.91. The molecule has 6 nitrogen and oxygen atoms in total. The van der Waals surface area contributed by atoms with Crippen LogP contribution in [0.2, 0.25) is 0 Å². The van der Waals surface area contributed by atoms with Gasteiger partial charge in [-0.15, -0.1) is 0 Å². The maximum Gasteiger partial charge on any atom is 0.251 e. The molecule has 0 radical (unpaired) electrons. The van der Waals surface area contributed by atoms with E-state index in [2.05, 4.69) is 20.6 Å². The zero-order chi connectivity index (χ0) is 13.5. The van der Waals surface area contributed by atoms with Crippen LogP contribution < -0.4 is 10.6 Å². The highest BCUT2D eigenvalue weighted by Crippen LogP contribution is 2.06. The third-order valence-corrected chi connectivity index (χ3v) is 2.67. The van der Waals surface area contributed by atoms with Gasteiger partial charge in [-0.25, -0.2) is 9.97 Å². The first-order valence-corrected chi connectivity index (χ1v) is 6.18. The van der Waals surface area contributed by atoms with Crippen LogP contribution in [0.1, 0.15) is 16.8 Å². The van der Waals surface area contributed by atoms with E-state index in [-0.39, 0.29) is 5.91 Å². The van der Waals surface area contributed by atoms with E-state index in [1.807, 2.05) is 7.05 Å². The molecule has 0 aliphatic rings. The number of carbonyl (C=O) groups is 1. The molecule has 0 spiro atoms. The van der Waals surface area contributed by atoms with Crippen molar-refractivity contribution in [1.82, 2.24) is 25.2 Å². The number of amides is 1. The zero-order valence-corrected chi connectivity index (χ0v) is 10.8. The van der Waals surface area contributed by atoms with Gasteiger partial charge in [0.2, 0.25) is 0 Å². The van der Waals surface area contributed by atoms with Crippen molar-refractivity contribution in [1.29, 1.82) is 0 Å². The number of hydrogen-bond donors (Lipinski definition) is 2. The van der Waals surface area contributed by atoms with Gasteiger partial charge < -0.3 is 10.6 Å². The monoisotopic (exact) mass is 259 g/mol. The number of aromatic nitrogens is 3. The molecule has 0 aromatic carbocycles. The lowest BCUT2D eigenvalue weighted by Gasteiger charge is -2.06. The largest absolute Gasteiger partial charge is 0.352 e. The summed E-state index contributed by atoms with van der Waals surface area (Å²) in [6.07, 6.45) is 7.64. The van der Waals surface area contributed by atoms with E-state index in [1.54, 1.807) is 41.6 Å². The van der Waals surface area contributed by atoms with Crippen LogP contribution in [0.5, 0.6) is 0 Å². The molecule has 0 unspecified atom stereocenters. The molecule has 2 aromatic heterocycles. The average molecular weight is 259 g/mol. The van der Waals surface area contributed by atoms with Crippen LogP contribution in [0.25, 0.3) is 5.82 Å². The van der Waals surface area contributed by atoms with Crippen LogP contribution >= 0.6 is 0 Å². The lowest BCUT2D eigenvalue weighted by atomic mass is 10.2. The highest BCUT2D eigenvalue weighted by atomic mass is 16.1. The van der Waals surface area contributed by atoms with Crippen LogP contribution in [0, 0.1) is 0 Å². The number of imidazole rings is 1. The van der Waals surface area contributed by atoms with E-state index in [9.17, 15) is 4.79 Å². The Morgan fingerprint density at radius 3 is 3.00 bits per heavy atom. The Balaban J connectivity index is 2.00. The van der Waals surface area contributed by atoms with Gasteiger partial charge >= 0.3 is 0 Å². The second-order valence-electron chi connectivity index (χ2n) is 4.09. The van der Waals surface area contributed by atoms with Crippen LogP contribution in [0.3, 0.4) is 0 Å². The van der Waals surface area contributed by atoms with Crippen molar-refractivity contribution >= 4 is 5.91 Å². The molecule has 6 heteroatoms. The third-order valence-electron chi connectivity index (χ3n) is 2.67. The van der Waals surface area contributed by atoms with Gasteiger partial charge in [-0.1, -0.05) is 0 Å². The predicted octanol–water partition coefficient (Wildman–Crippen LogP) is 0.607. The van der Waals surface area contributed by atoms with Gasteiger partial charge in [0.1, 0.15) is 12.1 Å². The molecule has 100 valence electrons. The molecule has 2 N–H and O–H groups in total. The molecule has 0 fully saturated rings. The van der Waals surface area contributed by atoms with Crippen molar-refractivity contribution in [2.75, 3.05) is 20.1 Å². The smallest absolute Gasteiger partial charge is 0.251 e. The normalized spacial score (nSPS) is 10.4. The van der Waals surface area contributed by atoms with Crippen molar-refractivity contribution < 1.29 is 4.79 Å². The molecule has 0 saturated heterocycles. The highest BCUT2D eigenvalue weighted by molar-refractivity contribution is 5.94. The van der Waals surface area contributed by atoms with Gasteiger partial charge in [-0.3, -0.25) is 9.36 Å². The molecule has 1 amide bonds. The molecule has 2 aromatic rings. The topological polar surface area (TPSA) is 71.8 Å². The summed E-state index contributed by atoms with van der Waals surface area (Å²) in [5.41, 5.74) is 0.600. The van der Waals surface area contributed by atoms with E-state index in [4.69, 9.17) is 0 Å². The lowest BCUT2D eigenvalue weighted by Crippen LogP contribution is -2.26. The van der Waals surface area contributed by atoms with E-state index in [0.717, 1.165) is 13.0 Å². The first kappa shape index (κ1) is 13.2. The lowest BCUT2D eigenvalue weighted by molar-refractivity contribution is 0.0953. The Kier molecular flexibility index (Phi) is 4.63. The van der Waals surface area contributed by atoms with Gasteiger partial charge in [0.15, 0.2) is 0 Å². The maximum atomic E-state index is 11.9. The quantitative estimate of drug-likeness (QED) is 0.745. The Bertz CT molecular complexity index is 524. The fraction of sp³-hybridized carbons (Fsp3) is 0.308. The fourth-order valence-corrected chi connectivity index (χ4v) is 1.66. The number of hydrogen-bond acceptors (Lipinski definition) is 4. The summed E-state index contributed by atoms with van der Waals surface area (Å²) < 4.78 is 1.76. The molecule has 0 aliphatic carbocycles. The summed E-state index contributed by atoms with van der Waals surface area (Å²) in [6, 6.07) is 3.45. The van der Waals surface area contributed by atoms with Crippen molar-refractivity contribution in [3.8, 4) is 5.82 Å². The number of nitrogens with zero attached hydrogens (tertiary/aromatic N) is 3. The molecular formula is C13H17N5O. The summed E-state index contributed by atoms with van der Waals surface area (Å²) >= 11 is 0. The van der Waals surface area contributed by atoms with Gasteiger partial charge in [0, 0.05) is 30.7 Å². The van der Waals surface area contributed by atoms with Crippen LogP contribution in [0.4, 0.5) is 0 Å². The van der Waals surface area contributed by atoms with Crippen LogP contribution in [0.15, 0.2) is 37.1 Å². The fourth-order valence-electron chi connectivity index (χ4n) is 1.66. The standard InChI is InChI=1S/C13H17N5O/c1-14-4-2-5-17-13(19)11-3-6-16-12(9-11)18-8-7-15-10-18/h3,6-10,14H,2,4-5H2,1H3,(H,17,19). The van der Waals surface area contributed by atoms with E-state index in [1.165, 1.54) is 0 Å². The summed E-state index contributed by atoms with van der Waals surface area (Å²) in [6.45, 7) is 1.54. The Labute approximate surface area is 111 Å². The molecule has 0 aliphatic heterocycles. The molecule has 2 heterocycles. The number of carbonyl (C=O) groups excluding carboxylic acids is 1. The number of pyridine rings is 1. The van der Waals surface area contributed by atoms with Crippen molar-refractivity contribution in [3.63, 3.8) is 0 Å². The second kappa shape index (κ2) is 6.65. The average Bonchev–Trinajstić information content (AvgIpc) is 2.98. The van der Waals surface area contributed by atoms with E-state index < -0.39 is 0 Å². The van der Waals surface area contributed by atoms with Gasteiger partial charge in [0.05, 0.1) is 0 Å². The minimum Gasteiger partial charge on any atom is -0.352 e. The second-order valence-corrected chi connectivity index (χ2v) is 4.09. The molecular weight excluding hydrogens is 242 g/mol. The van der Waals surface area contributed by atoms with Gasteiger partial charge in [-0.2, -0.15) is 0 Å². The van der Waals surface area contributed by atoms with Crippen molar-refractivity contribution in [2.45, 2.75) is 6.42 Å². The molecule has 19 heavy (non-hydrogen) atoms. The van der Waals surface area contributed by atoms with E-state index in [0.29, 0.717) is 17.9 Å². The van der Waals surface area contributed by atoms with Crippen LogP contribution in [-0.2, 0) is 0 Å². The Hall–Kier alpha value is -2.21. The van der Waals surface area contributed by atoms with E-state index >= 15 is 0 Å². The highest BCUT2D eigenvalue weighted by Gasteiger charge is 2.06. The van der Waals surface area contributed by atoms with Gasteiger partial charge in [0.25, 0.3) is 5.91 Å². The molecule has 0 saturated carbocycles. The van der Waals surface area contributed by atoms with Gasteiger partial charge in [-0.05, 0) is 32.1 Å². The Morgan fingerprint density at radius 1 is 1.37 bits per heavy atom. The molecule has 0 bridgehead atoms. The molecule has 2 rings (SSSR count). The molecule has 0 atom stereocenters. The first-order chi connectivity index (χ1) is 9.31. The first-order valence-electron chi connectivity index (χ1n) is 6.18. The SMILES string of the molecule is CNCCCNC(=O)c1ccnc(-n2ccnc2)c1.